The van der Waals surface area contributed by atoms with Gasteiger partial charge in [0.2, 0.25) is 0 Å². The zero-order valence-corrected chi connectivity index (χ0v) is 18.0. The highest BCUT2D eigenvalue weighted by Crippen LogP contribution is 2.35. The molecule has 0 radical (unpaired) electrons. The Balaban J connectivity index is 1.90. The van der Waals surface area contributed by atoms with Crippen molar-refractivity contribution in [1.82, 2.24) is 4.98 Å². The van der Waals surface area contributed by atoms with Gasteiger partial charge < -0.3 is 9.15 Å². The number of furan rings is 1. The number of nitrogens with zero attached hydrogens (tertiary/aromatic N) is 2. The Hall–Kier alpha value is -2.84. The number of rotatable bonds is 8. The van der Waals surface area contributed by atoms with Gasteiger partial charge in [-0.15, -0.1) is 0 Å². The van der Waals surface area contributed by atoms with Gasteiger partial charge in [0.05, 0.1) is 23.8 Å². The lowest BCUT2D eigenvalue weighted by Gasteiger charge is -2.20. The fourth-order valence-electron chi connectivity index (χ4n) is 3.08. The van der Waals surface area contributed by atoms with Crippen LogP contribution >= 0.6 is 11.3 Å². The van der Waals surface area contributed by atoms with E-state index in [0.29, 0.717) is 52.9 Å². The number of aliphatic imine (C=N–C) groups is 1. The fraction of sp³-hybridized carbons (Fsp3) is 0.364. The van der Waals surface area contributed by atoms with Crippen LogP contribution in [0, 0.1) is 5.92 Å². The summed E-state index contributed by atoms with van der Waals surface area (Å²) in [5.74, 6) is -0.436. The van der Waals surface area contributed by atoms with E-state index in [2.05, 4.69) is 22.0 Å². The first kappa shape index (κ1) is 21.9. The molecule has 8 heteroatoms. The second kappa shape index (κ2) is 10.3. The van der Waals surface area contributed by atoms with E-state index in [1.165, 1.54) is 23.8 Å². The van der Waals surface area contributed by atoms with Crippen molar-refractivity contribution in [3.8, 4) is 11.3 Å². The van der Waals surface area contributed by atoms with Crippen LogP contribution < -0.4 is 5.32 Å². The minimum absolute atomic E-state index is 0.0257. The molecule has 0 aromatic carbocycles. The molecule has 0 bridgehead atoms. The van der Waals surface area contributed by atoms with E-state index in [1.807, 2.05) is 13.8 Å². The van der Waals surface area contributed by atoms with Crippen molar-refractivity contribution in [1.29, 1.82) is 0 Å². The van der Waals surface area contributed by atoms with E-state index in [0.717, 1.165) is 12.0 Å². The third kappa shape index (κ3) is 5.20. The van der Waals surface area contributed by atoms with E-state index in [-0.39, 0.29) is 17.6 Å². The Morgan fingerprint density at radius 3 is 2.80 bits per heavy atom. The molecule has 0 saturated carbocycles. The molecule has 1 aliphatic rings. The minimum atomic E-state index is -0.354. The lowest BCUT2D eigenvalue weighted by Crippen LogP contribution is -2.23. The predicted molar refractivity (Wildman–Crippen MR) is 118 cm³/mol. The van der Waals surface area contributed by atoms with E-state index >= 15 is 0 Å². The van der Waals surface area contributed by atoms with E-state index in [1.54, 1.807) is 18.4 Å². The summed E-state index contributed by atoms with van der Waals surface area (Å²) in [7, 11) is 0. The molecule has 2 aromatic rings. The maximum absolute atomic E-state index is 13.2. The first-order valence-corrected chi connectivity index (χ1v) is 10.6. The third-order valence-electron chi connectivity index (χ3n) is 4.91. The van der Waals surface area contributed by atoms with Gasteiger partial charge >= 0.3 is 0 Å². The molecule has 158 valence electrons. The number of amides is 1. The van der Waals surface area contributed by atoms with Crippen molar-refractivity contribution < 1.29 is 18.7 Å². The van der Waals surface area contributed by atoms with Crippen molar-refractivity contribution in [2.45, 2.75) is 33.1 Å². The number of Topliss-reactive ketones (excluding diaryl/α,β-unsaturated/α-hetero) is 1. The summed E-state index contributed by atoms with van der Waals surface area (Å²) in [6.07, 6.45) is 8.43. The Bertz CT molecular complexity index is 967. The van der Waals surface area contributed by atoms with E-state index in [9.17, 15) is 9.59 Å². The Kier molecular flexibility index (Phi) is 7.48. The predicted octanol–water partition coefficient (Wildman–Crippen LogP) is 4.89. The largest absolute Gasteiger partial charge is 0.472 e. The van der Waals surface area contributed by atoms with Crippen LogP contribution in [-0.2, 0) is 9.53 Å². The summed E-state index contributed by atoms with van der Waals surface area (Å²) in [5, 5.41) is 3.15. The van der Waals surface area contributed by atoms with Crippen molar-refractivity contribution in [3.63, 3.8) is 0 Å². The maximum atomic E-state index is 13.2. The third-order valence-corrected chi connectivity index (χ3v) is 5.90. The number of thiazole rings is 1. The van der Waals surface area contributed by atoms with Gasteiger partial charge in [-0.25, -0.2) is 4.98 Å². The first-order valence-electron chi connectivity index (χ1n) is 9.83. The Morgan fingerprint density at radius 2 is 2.17 bits per heavy atom. The van der Waals surface area contributed by atoms with Gasteiger partial charge in [-0.2, -0.15) is 0 Å². The van der Waals surface area contributed by atoms with Gasteiger partial charge in [-0.1, -0.05) is 23.8 Å². The Morgan fingerprint density at radius 1 is 1.40 bits per heavy atom. The summed E-state index contributed by atoms with van der Waals surface area (Å²) in [6, 6.07) is 1.75. The average Bonchev–Trinajstić information content (AvgIpc) is 3.43. The van der Waals surface area contributed by atoms with Crippen LogP contribution in [0.25, 0.3) is 11.3 Å². The molecule has 0 aliphatic carbocycles. The lowest BCUT2D eigenvalue weighted by molar-refractivity contribution is -0.112. The standard InChI is InChI=1S/C22H25N3O4S/c1-4-14(2)11-17(12-23-3)21(27)25-22-24-18(16-7-10-29-13-16)20(30-22)19(26)15-5-8-28-9-6-15/h7,10-13,15H,3-6,8-9H2,1-2H3,(H,24,25,27)/b14-11+,17-12+. The molecule has 2 aromatic heterocycles. The number of carbonyl (C=O) groups excluding carboxylic acids is 2. The molecule has 0 unspecified atom stereocenters. The quantitative estimate of drug-likeness (QED) is 0.280. The van der Waals surface area contributed by atoms with Crippen LogP contribution in [0.5, 0.6) is 0 Å². The molecule has 1 fully saturated rings. The maximum Gasteiger partial charge on any atom is 0.259 e. The minimum Gasteiger partial charge on any atom is -0.472 e. The molecule has 30 heavy (non-hydrogen) atoms. The molecular weight excluding hydrogens is 402 g/mol. The van der Waals surface area contributed by atoms with Gasteiger partial charge in [0.25, 0.3) is 5.91 Å². The fourth-order valence-corrected chi connectivity index (χ4v) is 4.08. The highest BCUT2D eigenvalue weighted by molar-refractivity contribution is 7.18. The summed E-state index contributed by atoms with van der Waals surface area (Å²) in [5.41, 5.74) is 2.64. The average molecular weight is 428 g/mol. The molecule has 1 N–H and O–H groups in total. The molecule has 1 aliphatic heterocycles. The molecule has 0 atom stereocenters. The van der Waals surface area contributed by atoms with Gasteiger partial charge in [0.15, 0.2) is 10.9 Å². The Labute approximate surface area is 179 Å². The second-order valence-corrected chi connectivity index (χ2v) is 8.02. The van der Waals surface area contributed by atoms with Crippen LogP contribution in [0.15, 0.2) is 51.4 Å². The zero-order valence-electron chi connectivity index (χ0n) is 17.1. The van der Waals surface area contributed by atoms with E-state index in [4.69, 9.17) is 9.15 Å². The lowest BCUT2D eigenvalue weighted by atomic mass is 9.93. The number of ether oxygens (including phenoxy) is 1. The highest BCUT2D eigenvalue weighted by atomic mass is 32.1. The SMILES string of the molecule is C=N/C=C(\C=C(/C)CC)C(=O)Nc1nc(-c2ccoc2)c(C(=O)C2CCOCC2)s1. The smallest absolute Gasteiger partial charge is 0.259 e. The summed E-state index contributed by atoms with van der Waals surface area (Å²) in [4.78, 5) is 34.7. The van der Waals surface area contributed by atoms with Crippen LogP contribution in [0.2, 0.25) is 0 Å². The number of aromatic nitrogens is 1. The van der Waals surface area contributed by atoms with Crippen LogP contribution in [0.1, 0.15) is 42.8 Å². The molecule has 3 heterocycles. The normalized spacial score (nSPS) is 15.8. The number of hydrogen-bond donors (Lipinski definition) is 1. The summed E-state index contributed by atoms with van der Waals surface area (Å²) >= 11 is 1.18. The molecular formula is C22H25N3O4S. The topological polar surface area (TPSA) is 93.8 Å². The van der Waals surface area contributed by atoms with Crippen molar-refractivity contribution in [2.75, 3.05) is 18.5 Å². The van der Waals surface area contributed by atoms with Gasteiger partial charge in [0, 0.05) is 30.9 Å². The van der Waals surface area contributed by atoms with Gasteiger partial charge in [0.1, 0.15) is 4.88 Å². The number of ketones is 1. The molecule has 1 amide bonds. The van der Waals surface area contributed by atoms with Gasteiger partial charge in [-0.05, 0) is 45.0 Å². The first-order chi connectivity index (χ1) is 14.5. The van der Waals surface area contributed by atoms with Crippen molar-refractivity contribution in [2.24, 2.45) is 10.9 Å². The number of allylic oxidation sites excluding steroid dienone is 1. The number of anilines is 1. The monoisotopic (exact) mass is 427 g/mol. The number of carbonyl (C=O) groups is 2. The number of hydrogen-bond acceptors (Lipinski definition) is 7. The molecule has 1 saturated heterocycles. The molecule has 0 spiro atoms. The molecule has 7 nitrogen and oxygen atoms in total. The van der Waals surface area contributed by atoms with Gasteiger partial charge in [-0.3, -0.25) is 19.9 Å². The number of nitrogens with one attached hydrogen (secondary N) is 1. The molecule has 3 rings (SSSR count). The highest BCUT2D eigenvalue weighted by Gasteiger charge is 2.29. The van der Waals surface area contributed by atoms with Crippen LogP contribution in [0.3, 0.4) is 0 Å². The van der Waals surface area contributed by atoms with Crippen molar-refractivity contribution >= 4 is 34.9 Å². The van der Waals surface area contributed by atoms with E-state index < -0.39 is 0 Å². The summed E-state index contributed by atoms with van der Waals surface area (Å²) in [6.45, 7) is 8.53. The van der Waals surface area contributed by atoms with Crippen LogP contribution in [-0.4, -0.2) is 36.6 Å². The zero-order chi connectivity index (χ0) is 21.5. The van der Waals surface area contributed by atoms with Crippen molar-refractivity contribution in [3.05, 3.63) is 46.9 Å². The van der Waals surface area contributed by atoms with Crippen LogP contribution in [0.4, 0.5) is 5.13 Å². The summed E-state index contributed by atoms with van der Waals surface area (Å²) < 4.78 is 10.5. The second-order valence-electron chi connectivity index (χ2n) is 7.03.